The maximum absolute atomic E-state index is 12.1. The summed E-state index contributed by atoms with van der Waals surface area (Å²) in [6.45, 7) is 6.33. The number of hydrogen-bond donors (Lipinski definition) is 2. The summed E-state index contributed by atoms with van der Waals surface area (Å²) < 4.78 is 5.28. The zero-order valence-electron chi connectivity index (χ0n) is 13.7. The van der Waals surface area contributed by atoms with E-state index < -0.39 is 17.7 Å². The zero-order chi connectivity index (χ0) is 17.0. The number of rotatable bonds is 4. The number of hydrogen-bond acceptors (Lipinski definition) is 5. The molecule has 0 spiro atoms. The van der Waals surface area contributed by atoms with Crippen molar-refractivity contribution in [1.82, 2.24) is 15.2 Å². The van der Waals surface area contributed by atoms with Crippen molar-refractivity contribution < 1.29 is 19.4 Å². The molecule has 1 atom stereocenters. The molecule has 1 aliphatic heterocycles. The van der Waals surface area contributed by atoms with E-state index >= 15 is 0 Å². The SMILES string of the molecule is CC(C)(C)OC(=O)N1CC[C@@H]1C(=O)NCCc1cncc(O)c1. The van der Waals surface area contributed by atoms with Gasteiger partial charge >= 0.3 is 6.09 Å². The predicted octanol–water partition coefficient (Wildman–Crippen LogP) is 1.46. The molecule has 1 fully saturated rings. The summed E-state index contributed by atoms with van der Waals surface area (Å²) >= 11 is 0. The van der Waals surface area contributed by atoms with E-state index in [0.717, 1.165) is 5.56 Å². The minimum Gasteiger partial charge on any atom is -0.506 e. The van der Waals surface area contributed by atoms with Gasteiger partial charge in [0.1, 0.15) is 17.4 Å². The summed E-state index contributed by atoms with van der Waals surface area (Å²) in [6, 6.07) is 1.14. The first-order valence-electron chi connectivity index (χ1n) is 7.66. The molecule has 1 aromatic heterocycles. The van der Waals surface area contributed by atoms with Gasteiger partial charge in [-0.05, 0) is 45.2 Å². The Hall–Kier alpha value is -2.31. The van der Waals surface area contributed by atoms with Gasteiger partial charge in [0.15, 0.2) is 0 Å². The second kappa shape index (κ2) is 6.85. The number of carbonyl (C=O) groups is 2. The quantitative estimate of drug-likeness (QED) is 0.876. The van der Waals surface area contributed by atoms with Crippen molar-refractivity contribution in [2.24, 2.45) is 0 Å². The molecule has 0 aromatic carbocycles. The van der Waals surface area contributed by atoms with Crippen molar-refractivity contribution in [3.63, 3.8) is 0 Å². The lowest BCUT2D eigenvalue weighted by atomic mass is 10.0. The third kappa shape index (κ3) is 4.84. The van der Waals surface area contributed by atoms with Crippen molar-refractivity contribution in [3.05, 3.63) is 24.0 Å². The normalized spacial score (nSPS) is 17.3. The Morgan fingerprint density at radius 3 is 2.74 bits per heavy atom. The summed E-state index contributed by atoms with van der Waals surface area (Å²) in [5.41, 5.74) is 0.263. The molecule has 1 aliphatic rings. The molecule has 126 valence electrons. The summed E-state index contributed by atoms with van der Waals surface area (Å²) in [4.78, 5) is 29.4. The Labute approximate surface area is 135 Å². The summed E-state index contributed by atoms with van der Waals surface area (Å²) in [6.07, 6.45) is 3.74. The van der Waals surface area contributed by atoms with Gasteiger partial charge in [0.05, 0.1) is 6.20 Å². The summed E-state index contributed by atoms with van der Waals surface area (Å²) in [7, 11) is 0. The number of aromatic nitrogens is 1. The number of pyridine rings is 1. The van der Waals surface area contributed by atoms with E-state index in [9.17, 15) is 14.7 Å². The first kappa shape index (κ1) is 17.1. The molecule has 1 saturated heterocycles. The highest BCUT2D eigenvalue weighted by Gasteiger charge is 2.39. The van der Waals surface area contributed by atoms with E-state index in [1.165, 1.54) is 11.1 Å². The highest BCUT2D eigenvalue weighted by atomic mass is 16.6. The van der Waals surface area contributed by atoms with Gasteiger partial charge in [0, 0.05) is 19.3 Å². The van der Waals surface area contributed by atoms with E-state index in [1.54, 1.807) is 33.0 Å². The van der Waals surface area contributed by atoms with E-state index in [4.69, 9.17) is 4.74 Å². The van der Waals surface area contributed by atoms with Crippen LogP contribution in [0.2, 0.25) is 0 Å². The number of nitrogens with zero attached hydrogens (tertiary/aromatic N) is 2. The Morgan fingerprint density at radius 2 is 2.17 bits per heavy atom. The third-order valence-electron chi connectivity index (χ3n) is 3.44. The minimum atomic E-state index is -0.573. The average molecular weight is 321 g/mol. The molecule has 23 heavy (non-hydrogen) atoms. The highest BCUT2D eigenvalue weighted by Crippen LogP contribution is 2.21. The molecule has 2 amide bonds. The van der Waals surface area contributed by atoms with Crippen LogP contribution in [-0.4, -0.2) is 51.7 Å². The molecule has 2 rings (SSSR count). The number of aromatic hydroxyl groups is 1. The number of ether oxygens (including phenoxy) is 1. The van der Waals surface area contributed by atoms with Gasteiger partial charge in [-0.1, -0.05) is 0 Å². The van der Waals surface area contributed by atoms with Crippen LogP contribution in [0.3, 0.4) is 0 Å². The summed E-state index contributed by atoms with van der Waals surface area (Å²) in [5.74, 6) is -0.0841. The first-order chi connectivity index (χ1) is 10.8. The Bertz CT molecular complexity index is 583. The van der Waals surface area contributed by atoms with E-state index in [0.29, 0.717) is 25.9 Å². The maximum atomic E-state index is 12.1. The van der Waals surface area contributed by atoms with Crippen molar-refractivity contribution in [2.75, 3.05) is 13.1 Å². The fraction of sp³-hybridized carbons (Fsp3) is 0.562. The first-order valence-corrected chi connectivity index (χ1v) is 7.66. The van der Waals surface area contributed by atoms with Gasteiger partial charge in [0.25, 0.3) is 0 Å². The van der Waals surface area contributed by atoms with Crippen molar-refractivity contribution in [3.8, 4) is 5.75 Å². The molecule has 0 radical (unpaired) electrons. The second-order valence-corrected chi connectivity index (χ2v) is 6.57. The second-order valence-electron chi connectivity index (χ2n) is 6.57. The maximum Gasteiger partial charge on any atom is 0.410 e. The van der Waals surface area contributed by atoms with Crippen LogP contribution in [0.5, 0.6) is 5.75 Å². The topological polar surface area (TPSA) is 91.8 Å². The van der Waals surface area contributed by atoms with Crippen LogP contribution in [0, 0.1) is 0 Å². The number of likely N-dealkylation sites (tertiary alicyclic amines) is 1. The van der Waals surface area contributed by atoms with Gasteiger partial charge < -0.3 is 15.2 Å². The minimum absolute atomic E-state index is 0.101. The molecule has 0 unspecified atom stereocenters. The Morgan fingerprint density at radius 1 is 1.43 bits per heavy atom. The molecular weight excluding hydrogens is 298 g/mol. The molecular formula is C16H23N3O4. The van der Waals surface area contributed by atoms with Gasteiger partial charge in [-0.25, -0.2) is 4.79 Å². The van der Waals surface area contributed by atoms with E-state index in [1.807, 2.05) is 0 Å². The van der Waals surface area contributed by atoms with Crippen molar-refractivity contribution in [2.45, 2.75) is 45.3 Å². The van der Waals surface area contributed by atoms with Gasteiger partial charge in [-0.15, -0.1) is 0 Å². The molecule has 7 nitrogen and oxygen atoms in total. The van der Waals surface area contributed by atoms with Crippen LogP contribution < -0.4 is 5.32 Å². The molecule has 7 heteroatoms. The predicted molar refractivity (Wildman–Crippen MR) is 84.0 cm³/mol. The number of nitrogens with one attached hydrogen (secondary N) is 1. The average Bonchev–Trinajstić information content (AvgIpc) is 2.34. The molecule has 2 N–H and O–H groups in total. The monoisotopic (exact) mass is 321 g/mol. The molecule has 0 saturated carbocycles. The standard InChI is InChI=1S/C16H23N3O4/c1-16(2,3)23-15(22)19-7-5-13(19)14(21)18-6-4-11-8-12(20)10-17-9-11/h8-10,13,20H,4-7H2,1-3H3,(H,18,21)/t13-/m1/s1. The van der Waals surface area contributed by atoms with Gasteiger partial charge in [0.2, 0.25) is 5.91 Å². The lowest BCUT2D eigenvalue weighted by molar-refractivity contribution is -0.130. The fourth-order valence-electron chi connectivity index (χ4n) is 2.26. The lowest BCUT2D eigenvalue weighted by Gasteiger charge is -2.40. The Kier molecular flexibility index (Phi) is 5.08. The van der Waals surface area contributed by atoms with Crippen LogP contribution >= 0.6 is 0 Å². The number of carbonyl (C=O) groups excluding carboxylic acids is 2. The van der Waals surface area contributed by atoms with Crippen molar-refractivity contribution in [1.29, 1.82) is 0 Å². The van der Waals surface area contributed by atoms with Crippen LogP contribution in [0.25, 0.3) is 0 Å². The van der Waals surface area contributed by atoms with Crippen LogP contribution in [0.4, 0.5) is 4.79 Å². The highest BCUT2D eigenvalue weighted by molar-refractivity contribution is 5.87. The fourth-order valence-corrected chi connectivity index (χ4v) is 2.26. The molecule has 1 aromatic rings. The molecule has 0 bridgehead atoms. The number of amides is 2. The van der Waals surface area contributed by atoms with E-state index in [-0.39, 0.29) is 11.7 Å². The smallest absolute Gasteiger partial charge is 0.410 e. The third-order valence-corrected chi connectivity index (χ3v) is 3.44. The van der Waals surface area contributed by atoms with Crippen molar-refractivity contribution >= 4 is 12.0 Å². The lowest BCUT2D eigenvalue weighted by Crippen LogP contribution is -2.59. The Balaban J connectivity index is 1.78. The molecule has 2 heterocycles. The zero-order valence-corrected chi connectivity index (χ0v) is 13.7. The largest absolute Gasteiger partial charge is 0.506 e. The van der Waals surface area contributed by atoms with Crippen LogP contribution in [0.15, 0.2) is 18.5 Å². The van der Waals surface area contributed by atoms with E-state index in [2.05, 4.69) is 10.3 Å². The van der Waals surface area contributed by atoms with Crippen LogP contribution in [0.1, 0.15) is 32.8 Å². The molecule has 0 aliphatic carbocycles. The van der Waals surface area contributed by atoms with Gasteiger partial charge in [-0.2, -0.15) is 0 Å². The van der Waals surface area contributed by atoms with Crippen LogP contribution in [-0.2, 0) is 16.0 Å². The summed E-state index contributed by atoms with van der Waals surface area (Å²) in [5, 5.41) is 12.1. The van der Waals surface area contributed by atoms with Gasteiger partial charge in [-0.3, -0.25) is 14.7 Å².